The molecule has 21 heavy (non-hydrogen) atoms. The van der Waals surface area contributed by atoms with E-state index in [1.54, 1.807) is 0 Å². The van der Waals surface area contributed by atoms with Gasteiger partial charge in [0, 0.05) is 12.6 Å². The summed E-state index contributed by atoms with van der Waals surface area (Å²) in [6, 6.07) is 0.741. The van der Waals surface area contributed by atoms with Gasteiger partial charge in [-0.3, -0.25) is 0 Å². The largest absolute Gasteiger partial charge is 0.317 e. The molecule has 0 aromatic carbocycles. The fraction of sp³-hybridized carbons (Fsp3) is 1.00. The lowest BCUT2D eigenvalue weighted by molar-refractivity contribution is 0.123. The van der Waals surface area contributed by atoms with Gasteiger partial charge in [0.1, 0.15) is 0 Å². The Morgan fingerprint density at radius 2 is 1.67 bits per heavy atom. The highest BCUT2D eigenvalue weighted by Gasteiger charge is 2.31. The summed E-state index contributed by atoms with van der Waals surface area (Å²) in [5.74, 6) is 2.65. The molecule has 0 aromatic rings. The molecule has 0 saturated heterocycles. The van der Waals surface area contributed by atoms with Crippen molar-refractivity contribution in [1.29, 1.82) is 0 Å². The van der Waals surface area contributed by atoms with Gasteiger partial charge in [-0.2, -0.15) is 0 Å². The Hall–Kier alpha value is -0.0800. The second kappa shape index (κ2) is 10.6. The van der Waals surface area contributed by atoms with E-state index >= 15 is 0 Å². The Morgan fingerprint density at radius 1 is 1.05 bits per heavy atom. The quantitative estimate of drug-likeness (QED) is 0.636. The highest BCUT2D eigenvalue weighted by atomic mass is 15.1. The molecule has 1 fully saturated rings. The normalized spacial score (nSPS) is 26.7. The SMILES string of the molecule is CCCCN(CCCC)CC1CC(C(C)C)CCC1NC. The first-order chi connectivity index (χ1) is 10.1. The molecule has 1 aliphatic carbocycles. The van der Waals surface area contributed by atoms with Crippen molar-refractivity contribution in [3.8, 4) is 0 Å². The highest BCUT2D eigenvalue weighted by molar-refractivity contribution is 4.87. The molecule has 0 heterocycles. The van der Waals surface area contributed by atoms with E-state index in [0.29, 0.717) is 0 Å². The lowest BCUT2D eigenvalue weighted by Crippen LogP contribution is -2.45. The molecule has 0 aromatic heterocycles. The van der Waals surface area contributed by atoms with E-state index in [0.717, 1.165) is 23.8 Å². The van der Waals surface area contributed by atoms with Crippen LogP contribution in [0.5, 0.6) is 0 Å². The molecule has 3 unspecified atom stereocenters. The maximum absolute atomic E-state index is 3.60. The summed E-state index contributed by atoms with van der Waals surface area (Å²) < 4.78 is 0. The van der Waals surface area contributed by atoms with Crippen LogP contribution < -0.4 is 5.32 Å². The summed E-state index contributed by atoms with van der Waals surface area (Å²) in [7, 11) is 2.16. The van der Waals surface area contributed by atoms with Gasteiger partial charge in [-0.1, -0.05) is 40.5 Å². The Morgan fingerprint density at radius 3 is 2.14 bits per heavy atom. The molecule has 0 spiro atoms. The van der Waals surface area contributed by atoms with Gasteiger partial charge < -0.3 is 10.2 Å². The number of rotatable bonds is 10. The first kappa shape index (κ1) is 19.0. The van der Waals surface area contributed by atoms with E-state index in [4.69, 9.17) is 0 Å². The summed E-state index contributed by atoms with van der Waals surface area (Å²) >= 11 is 0. The van der Waals surface area contributed by atoms with Crippen molar-refractivity contribution < 1.29 is 0 Å². The second-order valence-electron chi connectivity index (χ2n) is 7.48. The van der Waals surface area contributed by atoms with Gasteiger partial charge in [0.25, 0.3) is 0 Å². The zero-order chi connectivity index (χ0) is 15.7. The van der Waals surface area contributed by atoms with E-state index in [1.807, 2.05) is 0 Å². The molecule has 1 rings (SSSR count). The predicted molar refractivity (Wildman–Crippen MR) is 94.8 cm³/mol. The van der Waals surface area contributed by atoms with Gasteiger partial charge in [-0.05, 0) is 70.0 Å². The van der Waals surface area contributed by atoms with Gasteiger partial charge >= 0.3 is 0 Å². The minimum Gasteiger partial charge on any atom is -0.317 e. The van der Waals surface area contributed by atoms with Gasteiger partial charge in [0.05, 0.1) is 0 Å². The standard InChI is InChI=1S/C19H40N2/c1-6-8-12-21(13-9-7-2)15-18-14-17(16(3)4)10-11-19(18)20-5/h16-20H,6-15H2,1-5H3. The molecular formula is C19H40N2. The van der Waals surface area contributed by atoms with Crippen molar-refractivity contribution in [3.63, 3.8) is 0 Å². The average Bonchev–Trinajstić information content (AvgIpc) is 2.49. The van der Waals surface area contributed by atoms with Crippen LogP contribution in [0.25, 0.3) is 0 Å². The first-order valence-corrected chi connectivity index (χ1v) is 9.51. The molecule has 0 bridgehead atoms. The van der Waals surface area contributed by atoms with Gasteiger partial charge in [-0.15, -0.1) is 0 Å². The summed E-state index contributed by atoms with van der Waals surface area (Å²) in [5.41, 5.74) is 0. The summed E-state index contributed by atoms with van der Waals surface area (Å²) in [6.07, 6.45) is 9.57. The predicted octanol–water partition coefficient (Wildman–Crippen LogP) is 4.55. The molecule has 3 atom stereocenters. The molecule has 1 aliphatic rings. The van der Waals surface area contributed by atoms with Crippen LogP contribution in [0.3, 0.4) is 0 Å². The minimum absolute atomic E-state index is 0.741. The molecular weight excluding hydrogens is 256 g/mol. The Balaban J connectivity index is 2.57. The maximum atomic E-state index is 3.60. The molecule has 126 valence electrons. The zero-order valence-electron chi connectivity index (χ0n) is 15.3. The van der Waals surface area contributed by atoms with Crippen molar-refractivity contribution in [2.75, 3.05) is 26.7 Å². The van der Waals surface area contributed by atoms with Crippen LogP contribution in [0.15, 0.2) is 0 Å². The number of hydrogen-bond donors (Lipinski definition) is 1. The Labute approximate surface area is 134 Å². The van der Waals surface area contributed by atoms with Crippen LogP contribution in [0.2, 0.25) is 0 Å². The molecule has 1 saturated carbocycles. The summed E-state index contributed by atoms with van der Waals surface area (Å²) in [4.78, 5) is 2.75. The number of unbranched alkanes of at least 4 members (excludes halogenated alkanes) is 2. The third kappa shape index (κ3) is 6.69. The van der Waals surface area contributed by atoms with Crippen LogP contribution in [0.1, 0.15) is 72.6 Å². The summed E-state index contributed by atoms with van der Waals surface area (Å²) in [6.45, 7) is 13.4. The fourth-order valence-corrected chi connectivity index (χ4v) is 3.88. The topological polar surface area (TPSA) is 15.3 Å². The lowest BCUT2D eigenvalue weighted by Gasteiger charge is -2.40. The fourth-order valence-electron chi connectivity index (χ4n) is 3.88. The Kier molecular flexibility index (Phi) is 9.59. The number of nitrogens with zero attached hydrogens (tertiary/aromatic N) is 1. The lowest BCUT2D eigenvalue weighted by atomic mass is 9.73. The van der Waals surface area contributed by atoms with E-state index < -0.39 is 0 Å². The van der Waals surface area contributed by atoms with Gasteiger partial charge in [-0.25, -0.2) is 0 Å². The molecule has 0 amide bonds. The van der Waals surface area contributed by atoms with Crippen LogP contribution in [0, 0.1) is 17.8 Å². The Bertz CT molecular complexity index is 244. The van der Waals surface area contributed by atoms with Crippen molar-refractivity contribution in [2.45, 2.75) is 78.7 Å². The van der Waals surface area contributed by atoms with Crippen molar-refractivity contribution in [1.82, 2.24) is 10.2 Å². The molecule has 0 aliphatic heterocycles. The number of hydrogen-bond acceptors (Lipinski definition) is 2. The van der Waals surface area contributed by atoms with E-state index in [2.05, 4.69) is 45.0 Å². The van der Waals surface area contributed by atoms with E-state index in [9.17, 15) is 0 Å². The van der Waals surface area contributed by atoms with Crippen LogP contribution in [0.4, 0.5) is 0 Å². The van der Waals surface area contributed by atoms with E-state index in [-0.39, 0.29) is 0 Å². The third-order valence-corrected chi connectivity index (χ3v) is 5.49. The van der Waals surface area contributed by atoms with Crippen LogP contribution in [-0.2, 0) is 0 Å². The van der Waals surface area contributed by atoms with Crippen molar-refractivity contribution in [3.05, 3.63) is 0 Å². The molecule has 0 radical (unpaired) electrons. The van der Waals surface area contributed by atoms with Crippen LogP contribution >= 0.6 is 0 Å². The number of nitrogens with one attached hydrogen (secondary N) is 1. The molecule has 2 nitrogen and oxygen atoms in total. The van der Waals surface area contributed by atoms with Crippen molar-refractivity contribution in [2.24, 2.45) is 17.8 Å². The smallest absolute Gasteiger partial charge is 0.0105 e. The first-order valence-electron chi connectivity index (χ1n) is 9.51. The second-order valence-corrected chi connectivity index (χ2v) is 7.48. The monoisotopic (exact) mass is 296 g/mol. The maximum Gasteiger partial charge on any atom is 0.0105 e. The third-order valence-electron chi connectivity index (χ3n) is 5.49. The zero-order valence-corrected chi connectivity index (χ0v) is 15.3. The molecule has 1 N–H and O–H groups in total. The van der Waals surface area contributed by atoms with Crippen LogP contribution in [-0.4, -0.2) is 37.6 Å². The average molecular weight is 297 g/mol. The van der Waals surface area contributed by atoms with E-state index in [1.165, 1.54) is 64.6 Å². The minimum atomic E-state index is 0.741. The summed E-state index contributed by atoms with van der Waals surface area (Å²) in [5, 5.41) is 3.60. The highest BCUT2D eigenvalue weighted by Crippen LogP contribution is 2.34. The van der Waals surface area contributed by atoms with Gasteiger partial charge in [0.15, 0.2) is 0 Å². The van der Waals surface area contributed by atoms with Gasteiger partial charge in [0.2, 0.25) is 0 Å². The van der Waals surface area contributed by atoms with Crippen molar-refractivity contribution >= 4 is 0 Å². The molecule has 2 heteroatoms.